The molecule has 0 aliphatic heterocycles. The first-order valence-electron chi connectivity index (χ1n) is 8.18. The fourth-order valence-corrected chi connectivity index (χ4v) is 3.99. The number of thiophene rings is 1. The molecule has 136 valence electrons. The maximum absolute atomic E-state index is 12.8. The first kappa shape index (κ1) is 19.2. The molecule has 0 spiro atoms. The summed E-state index contributed by atoms with van der Waals surface area (Å²) in [6.45, 7) is 5.78. The molecule has 2 N–H and O–H groups in total. The Bertz CT molecular complexity index is 734. The van der Waals surface area contributed by atoms with Crippen molar-refractivity contribution in [1.29, 1.82) is 0 Å². The number of nitrogens with one attached hydrogen (secondary N) is 1. The lowest BCUT2D eigenvalue weighted by molar-refractivity contribution is -0.146. The average Bonchev–Trinajstić information content (AvgIpc) is 2.98. The monoisotopic (exact) mass is 365 g/mol. The Balaban J connectivity index is 2.28. The van der Waals surface area contributed by atoms with E-state index in [1.54, 1.807) is 6.07 Å². The molecule has 2 atom stereocenters. The molecular weight excluding hydrogens is 342 g/mol. The number of carbonyl (C=O) groups is 3. The van der Waals surface area contributed by atoms with Crippen molar-refractivity contribution in [3.05, 3.63) is 27.7 Å². The van der Waals surface area contributed by atoms with E-state index in [4.69, 9.17) is 4.74 Å². The number of carboxylic acid groups (broad SMARTS) is 1. The number of carboxylic acids is 1. The number of esters is 1. The molecule has 0 fully saturated rings. The zero-order chi connectivity index (χ0) is 18.7. The lowest BCUT2D eigenvalue weighted by Crippen LogP contribution is -2.36. The minimum atomic E-state index is -0.972. The molecule has 6 nitrogen and oxygen atoms in total. The fraction of sp³-hybridized carbons (Fsp3) is 0.500. The van der Waals surface area contributed by atoms with Gasteiger partial charge < -0.3 is 15.2 Å². The van der Waals surface area contributed by atoms with E-state index in [0.717, 1.165) is 22.4 Å². The zero-order valence-corrected chi connectivity index (χ0v) is 15.7. The van der Waals surface area contributed by atoms with Crippen LogP contribution in [0.2, 0.25) is 0 Å². The van der Waals surface area contributed by atoms with Crippen LogP contribution in [0.15, 0.2) is 17.2 Å². The van der Waals surface area contributed by atoms with Gasteiger partial charge in [-0.25, -0.2) is 4.79 Å². The number of allylic oxidation sites excluding steroid dienone is 2. The summed E-state index contributed by atoms with van der Waals surface area (Å²) < 4.78 is 4.77. The van der Waals surface area contributed by atoms with E-state index < -0.39 is 23.8 Å². The molecule has 1 aliphatic carbocycles. The summed E-state index contributed by atoms with van der Waals surface area (Å²) in [5.41, 5.74) is 2.38. The van der Waals surface area contributed by atoms with Crippen molar-refractivity contribution in [3.8, 4) is 0 Å². The number of ether oxygens (including phenoxy) is 1. The third-order valence-electron chi connectivity index (χ3n) is 4.69. The standard InChI is InChI=1S/C18H23NO5S/c1-5-11-8-14(18(23)24-4)16(25-11)19-15(20)12-6-9(2)10(3)7-13(12)17(21)22/h8,12-13H,5-7H2,1-4H3,(H,19,20)(H,21,22)/t12-,13-/m0/s1. The number of rotatable bonds is 5. The highest BCUT2D eigenvalue weighted by Crippen LogP contribution is 2.36. The first-order chi connectivity index (χ1) is 11.8. The molecule has 0 saturated heterocycles. The predicted molar refractivity (Wildman–Crippen MR) is 95.9 cm³/mol. The van der Waals surface area contributed by atoms with Crippen LogP contribution in [0.4, 0.5) is 5.00 Å². The number of hydrogen-bond donors (Lipinski definition) is 2. The molecule has 0 saturated carbocycles. The van der Waals surface area contributed by atoms with E-state index in [2.05, 4.69) is 5.32 Å². The summed E-state index contributed by atoms with van der Waals surface area (Å²) in [6, 6.07) is 1.71. The highest BCUT2D eigenvalue weighted by molar-refractivity contribution is 7.16. The molecule has 0 radical (unpaired) electrons. The number of aliphatic carboxylic acids is 1. The summed E-state index contributed by atoms with van der Waals surface area (Å²) >= 11 is 1.31. The zero-order valence-electron chi connectivity index (χ0n) is 14.8. The van der Waals surface area contributed by atoms with Gasteiger partial charge in [0, 0.05) is 4.88 Å². The third-order valence-corrected chi connectivity index (χ3v) is 5.89. The topological polar surface area (TPSA) is 92.7 Å². The maximum Gasteiger partial charge on any atom is 0.340 e. The molecule has 1 aromatic rings. The van der Waals surface area contributed by atoms with Crippen LogP contribution in [0.5, 0.6) is 0 Å². The van der Waals surface area contributed by atoms with Gasteiger partial charge in [-0.2, -0.15) is 0 Å². The molecular formula is C18H23NO5S. The number of aryl methyl sites for hydroxylation is 1. The Morgan fingerprint density at radius 2 is 1.84 bits per heavy atom. The lowest BCUT2D eigenvalue weighted by Gasteiger charge is -2.29. The number of hydrogen-bond acceptors (Lipinski definition) is 5. The Morgan fingerprint density at radius 1 is 1.24 bits per heavy atom. The molecule has 1 amide bonds. The summed E-state index contributed by atoms with van der Waals surface area (Å²) in [7, 11) is 1.29. The minimum Gasteiger partial charge on any atom is -0.481 e. The Hall–Kier alpha value is -2.15. The SMILES string of the molecule is CCc1cc(C(=O)OC)c(NC(=O)[C@H]2CC(C)=C(C)C[C@@H]2C(=O)O)s1. The molecule has 2 rings (SSSR count). The van der Waals surface area contributed by atoms with E-state index in [9.17, 15) is 19.5 Å². The van der Waals surface area contributed by atoms with Crippen LogP contribution in [0.3, 0.4) is 0 Å². The number of amides is 1. The van der Waals surface area contributed by atoms with Crippen LogP contribution >= 0.6 is 11.3 Å². The van der Waals surface area contributed by atoms with Gasteiger partial charge in [0.05, 0.1) is 24.5 Å². The second-order valence-corrected chi connectivity index (χ2v) is 7.45. The average molecular weight is 365 g/mol. The Morgan fingerprint density at radius 3 is 2.36 bits per heavy atom. The lowest BCUT2D eigenvalue weighted by atomic mass is 9.76. The molecule has 0 unspecified atom stereocenters. The van der Waals surface area contributed by atoms with Gasteiger partial charge in [0.15, 0.2) is 0 Å². The van der Waals surface area contributed by atoms with Crippen molar-refractivity contribution >= 4 is 34.2 Å². The van der Waals surface area contributed by atoms with Gasteiger partial charge in [-0.05, 0) is 39.2 Å². The predicted octanol–water partition coefficient (Wildman–Crippen LogP) is 3.48. The van der Waals surface area contributed by atoms with Crippen molar-refractivity contribution in [2.75, 3.05) is 12.4 Å². The molecule has 7 heteroatoms. The summed E-state index contributed by atoms with van der Waals surface area (Å²) in [4.78, 5) is 37.2. The van der Waals surface area contributed by atoms with Crippen molar-refractivity contribution in [1.82, 2.24) is 0 Å². The fourth-order valence-electron chi connectivity index (χ4n) is 3.00. The second kappa shape index (κ2) is 7.82. The van der Waals surface area contributed by atoms with E-state index >= 15 is 0 Å². The maximum atomic E-state index is 12.8. The van der Waals surface area contributed by atoms with E-state index in [0.29, 0.717) is 23.4 Å². The third kappa shape index (κ3) is 4.10. The van der Waals surface area contributed by atoms with Crippen LogP contribution in [0.1, 0.15) is 48.8 Å². The van der Waals surface area contributed by atoms with E-state index in [-0.39, 0.29) is 5.91 Å². The number of anilines is 1. The molecule has 0 aromatic carbocycles. The number of carbonyl (C=O) groups excluding carboxylic acids is 2. The van der Waals surface area contributed by atoms with Crippen LogP contribution in [-0.2, 0) is 20.7 Å². The normalized spacial score (nSPS) is 20.3. The molecule has 25 heavy (non-hydrogen) atoms. The van der Waals surface area contributed by atoms with Gasteiger partial charge in [0.2, 0.25) is 5.91 Å². The van der Waals surface area contributed by atoms with Crippen molar-refractivity contribution in [2.24, 2.45) is 11.8 Å². The van der Waals surface area contributed by atoms with Crippen LogP contribution in [0, 0.1) is 11.8 Å². The van der Waals surface area contributed by atoms with Gasteiger partial charge >= 0.3 is 11.9 Å². The quantitative estimate of drug-likeness (QED) is 0.615. The van der Waals surface area contributed by atoms with Crippen LogP contribution in [-0.4, -0.2) is 30.1 Å². The van der Waals surface area contributed by atoms with Crippen LogP contribution in [0.25, 0.3) is 0 Å². The van der Waals surface area contributed by atoms with Gasteiger partial charge in [-0.3, -0.25) is 9.59 Å². The van der Waals surface area contributed by atoms with E-state index in [1.807, 2.05) is 20.8 Å². The number of methoxy groups -OCH3 is 1. The van der Waals surface area contributed by atoms with Crippen LogP contribution < -0.4 is 5.32 Å². The molecule has 1 heterocycles. The minimum absolute atomic E-state index is 0.309. The molecule has 1 aromatic heterocycles. The first-order valence-corrected chi connectivity index (χ1v) is 9.00. The van der Waals surface area contributed by atoms with Gasteiger partial charge in [-0.15, -0.1) is 11.3 Å². The summed E-state index contributed by atoms with van der Waals surface area (Å²) in [6.07, 6.45) is 1.51. The molecule has 1 aliphatic rings. The highest BCUT2D eigenvalue weighted by atomic mass is 32.1. The van der Waals surface area contributed by atoms with Gasteiger partial charge in [-0.1, -0.05) is 18.1 Å². The summed E-state index contributed by atoms with van der Waals surface area (Å²) in [5, 5.41) is 12.7. The summed E-state index contributed by atoms with van der Waals surface area (Å²) in [5.74, 6) is -3.26. The largest absolute Gasteiger partial charge is 0.481 e. The molecule has 0 bridgehead atoms. The van der Waals surface area contributed by atoms with Crippen molar-refractivity contribution < 1.29 is 24.2 Å². The van der Waals surface area contributed by atoms with Crippen molar-refractivity contribution in [2.45, 2.75) is 40.0 Å². The van der Waals surface area contributed by atoms with Gasteiger partial charge in [0.1, 0.15) is 5.00 Å². The second-order valence-electron chi connectivity index (χ2n) is 6.31. The Kier molecular flexibility index (Phi) is 6.00. The highest BCUT2D eigenvalue weighted by Gasteiger charge is 2.37. The van der Waals surface area contributed by atoms with Gasteiger partial charge in [0.25, 0.3) is 0 Å². The Labute approximate surface area is 150 Å². The smallest absolute Gasteiger partial charge is 0.340 e. The van der Waals surface area contributed by atoms with E-state index in [1.165, 1.54) is 18.4 Å². The van der Waals surface area contributed by atoms with Crippen molar-refractivity contribution in [3.63, 3.8) is 0 Å².